The Hall–Kier alpha value is -2.47. The van der Waals surface area contributed by atoms with E-state index < -0.39 is 0 Å². The van der Waals surface area contributed by atoms with Crippen LogP contribution < -0.4 is 14.8 Å². The van der Waals surface area contributed by atoms with Gasteiger partial charge in [-0.3, -0.25) is 4.79 Å². The van der Waals surface area contributed by atoms with Crippen LogP contribution in [-0.4, -0.2) is 30.3 Å². The van der Waals surface area contributed by atoms with Gasteiger partial charge in [-0.05, 0) is 55.0 Å². The first-order chi connectivity index (χ1) is 12.6. The number of fused-ring (bicyclic) bond motifs is 1. The van der Waals surface area contributed by atoms with Gasteiger partial charge in [0.2, 0.25) is 0 Å². The highest BCUT2D eigenvalue weighted by Crippen LogP contribution is 2.40. The van der Waals surface area contributed by atoms with Crippen LogP contribution in [0.3, 0.4) is 0 Å². The van der Waals surface area contributed by atoms with E-state index in [1.165, 1.54) is 5.56 Å². The van der Waals surface area contributed by atoms with E-state index in [0.29, 0.717) is 32.0 Å². The molecule has 138 valence electrons. The van der Waals surface area contributed by atoms with Crippen molar-refractivity contribution >= 4 is 5.91 Å². The van der Waals surface area contributed by atoms with Gasteiger partial charge in [-0.25, -0.2) is 0 Å². The van der Waals surface area contributed by atoms with Crippen LogP contribution in [0.5, 0.6) is 11.7 Å². The highest BCUT2D eigenvalue weighted by Gasteiger charge is 2.36. The smallest absolute Gasteiger partial charge is 0.287 e. The predicted octanol–water partition coefficient (Wildman–Crippen LogP) is 2.86. The molecule has 2 N–H and O–H groups in total. The lowest BCUT2D eigenvalue weighted by Crippen LogP contribution is -2.41. The molecular formula is C20H23NO5. The molecule has 1 saturated carbocycles. The van der Waals surface area contributed by atoms with E-state index in [9.17, 15) is 9.90 Å². The third kappa shape index (κ3) is 3.29. The molecule has 2 heterocycles. The Morgan fingerprint density at radius 1 is 1.35 bits per heavy atom. The second kappa shape index (κ2) is 7.03. The van der Waals surface area contributed by atoms with E-state index in [4.69, 9.17) is 13.9 Å². The Bertz CT molecular complexity index is 793. The number of amides is 1. The van der Waals surface area contributed by atoms with Gasteiger partial charge in [0.1, 0.15) is 5.75 Å². The molecule has 4 rings (SSSR count). The Labute approximate surface area is 152 Å². The number of ether oxygens (including phenoxy) is 2. The molecule has 0 bridgehead atoms. The van der Waals surface area contributed by atoms with Crippen LogP contribution >= 0.6 is 0 Å². The van der Waals surface area contributed by atoms with Gasteiger partial charge in [0.05, 0.1) is 25.4 Å². The van der Waals surface area contributed by atoms with Crippen LogP contribution in [0.2, 0.25) is 0 Å². The lowest BCUT2D eigenvalue weighted by Gasteiger charge is -2.38. The van der Waals surface area contributed by atoms with Crippen molar-refractivity contribution < 1.29 is 23.8 Å². The molecule has 1 aliphatic carbocycles. The summed E-state index contributed by atoms with van der Waals surface area (Å²) >= 11 is 0. The summed E-state index contributed by atoms with van der Waals surface area (Å²) < 4.78 is 16.3. The molecule has 2 aromatic rings. The number of nitrogens with one attached hydrogen (secondary N) is 1. The molecule has 0 saturated heterocycles. The fourth-order valence-electron chi connectivity index (χ4n) is 3.65. The van der Waals surface area contributed by atoms with Gasteiger partial charge in [0.25, 0.3) is 11.9 Å². The normalized spacial score (nSPS) is 22.1. The van der Waals surface area contributed by atoms with Crippen LogP contribution in [0, 0.1) is 5.92 Å². The summed E-state index contributed by atoms with van der Waals surface area (Å²) in [6.45, 7) is 3.04. The molecule has 1 fully saturated rings. The van der Waals surface area contributed by atoms with Crippen molar-refractivity contribution in [1.82, 2.24) is 5.32 Å². The Kier molecular flexibility index (Phi) is 4.59. The van der Waals surface area contributed by atoms with E-state index >= 15 is 0 Å². The van der Waals surface area contributed by atoms with Crippen molar-refractivity contribution in [3.8, 4) is 11.7 Å². The number of carbonyl (C=O) groups excluding carboxylic acids is 1. The van der Waals surface area contributed by atoms with E-state index in [1.807, 2.05) is 19.1 Å². The first kappa shape index (κ1) is 17.0. The van der Waals surface area contributed by atoms with Crippen LogP contribution in [0.15, 0.2) is 34.7 Å². The SMILES string of the molecule is CCOc1ccc(C(=O)NC(c2ccc3c(c2)CCO3)C2CC(O)C2)o1. The van der Waals surface area contributed by atoms with E-state index in [0.717, 1.165) is 17.7 Å². The highest BCUT2D eigenvalue weighted by atomic mass is 16.6. The summed E-state index contributed by atoms with van der Waals surface area (Å²) in [5, 5.41) is 12.8. The molecule has 0 spiro atoms. The maximum absolute atomic E-state index is 12.7. The molecule has 1 atom stereocenters. The number of benzene rings is 1. The number of hydrogen-bond donors (Lipinski definition) is 2. The second-order valence-electron chi connectivity index (χ2n) is 6.85. The third-order valence-corrected chi connectivity index (χ3v) is 5.07. The fraction of sp³-hybridized carbons (Fsp3) is 0.450. The number of aliphatic hydroxyl groups excluding tert-OH is 1. The van der Waals surface area contributed by atoms with E-state index in [-0.39, 0.29) is 29.7 Å². The topological polar surface area (TPSA) is 80.9 Å². The molecule has 6 heteroatoms. The zero-order valence-corrected chi connectivity index (χ0v) is 14.7. The minimum Gasteiger partial charge on any atom is -0.493 e. The summed E-state index contributed by atoms with van der Waals surface area (Å²) in [6.07, 6.45) is 1.96. The zero-order valence-electron chi connectivity index (χ0n) is 14.7. The molecule has 0 radical (unpaired) electrons. The van der Waals surface area contributed by atoms with Gasteiger partial charge >= 0.3 is 0 Å². The number of rotatable bonds is 6. The fourth-order valence-corrected chi connectivity index (χ4v) is 3.65. The van der Waals surface area contributed by atoms with Crippen molar-refractivity contribution in [2.75, 3.05) is 13.2 Å². The molecule has 26 heavy (non-hydrogen) atoms. The largest absolute Gasteiger partial charge is 0.493 e. The second-order valence-corrected chi connectivity index (χ2v) is 6.85. The standard InChI is InChI=1S/C20H23NO5/c1-2-24-18-6-5-17(26-18)20(23)21-19(14-10-15(22)11-14)13-3-4-16-12(9-13)7-8-25-16/h3-6,9,14-15,19,22H,2,7-8,10-11H2,1H3,(H,21,23). The van der Waals surface area contributed by atoms with Gasteiger partial charge in [-0.2, -0.15) is 0 Å². The number of aliphatic hydroxyl groups is 1. The summed E-state index contributed by atoms with van der Waals surface area (Å²) in [4.78, 5) is 12.7. The molecule has 1 amide bonds. The van der Waals surface area contributed by atoms with Crippen molar-refractivity contribution in [3.05, 3.63) is 47.2 Å². The number of furan rings is 1. The average molecular weight is 357 g/mol. The van der Waals surface area contributed by atoms with Crippen molar-refractivity contribution in [2.45, 2.75) is 38.3 Å². The summed E-state index contributed by atoms with van der Waals surface area (Å²) in [5.74, 6) is 1.40. The molecule has 2 aliphatic rings. The van der Waals surface area contributed by atoms with Crippen molar-refractivity contribution in [2.24, 2.45) is 5.92 Å². The Morgan fingerprint density at radius 3 is 2.96 bits per heavy atom. The van der Waals surface area contributed by atoms with Gasteiger partial charge in [0.15, 0.2) is 5.76 Å². The maximum atomic E-state index is 12.7. The van der Waals surface area contributed by atoms with E-state index in [1.54, 1.807) is 12.1 Å². The first-order valence-electron chi connectivity index (χ1n) is 9.11. The molecule has 1 aliphatic heterocycles. The summed E-state index contributed by atoms with van der Waals surface area (Å²) in [6, 6.07) is 9.15. The van der Waals surface area contributed by atoms with Gasteiger partial charge in [0, 0.05) is 12.5 Å². The lowest BCUT2D eigenvalue weighted by atomic mass is 9.75. The predicted molar refractivity (Wildman–Crippen MR) is 94.5 cm³/mol. The number of hydrogen-bond acceptors (Lipinski definition) is 5. The van der Waals surface area contributed by atoms with Gasteiger partial charge < -0.3 is 24.3 Å². The van der Waals surface area contributed by atoms with Crippen molar-refractivity contribution in [1.29, 1.82) is 0 Å². The quantitative estimate of drug-likeness (QED) is 0.831. The molecule has 6 nitrogen and oxygen atoms in total. The van der Waals surface area contributed by atoms with Crippen LogP contribution in [0.4, 0.5) is 0 Å². The number of carbonyl (C=O) groups is 1. The summed E-state index contributed by atoms with van der Waals surface area (Å²) in [7, 11) is 0. The lowest BCUT2D eigenvalue weighted by molar-refractivity contribution is 0.0232. The maximum Gasteiger partial charge on any atom is 0.287 e. The average Bonchev–Trinajstić information content (AvgIpc) is 3.26. The van der Waals surface area contributed by atoms with Gasteiger partial charge in [-0.15, -0.1) is 0 Å². The Morgan fingerprint density at radius 2 is 2.19 bits per heavy atom. The molecule has 1 aromatic carbocycles. The minimum atomic E-state index is -0.287. The van der Waals surface area contributed by atoms with Crippen LogP contribution in [-0.2, 0) is 6.42 Å². The van der Waals surface area contributed by atoms with Gasteiger partial charge in [-0.1, -0.05) is 6.07 Å². The van der Waals surface area contributed by atoms with Crippen molar-refractivity contribution in [3.63, 3.8) is 0 Å². The first-order valence-corrected chi connectivity index (χ1v) is 9.11. The molecular weight excluding hydrogens is 334 g/mol. The van der Waals surface area contributed by atoms with Crippen LogP contribution in [0.1, 0.15) is 47.5 Å². The molecule has 1 unspecified atom stereocenters. The van der Waals surface area contributed by atoms with Crippen LogP contribution in [0.25, 0.3) is 0 Å². The molecule has 1 aromatic heterocycles. The Balaban J connectivity index is 1.54. The third-order valence-electron chi connectivity index (χ3n) is 5.07. The van der Waals surface area contributed by atoms with E-state index in [2.05, 4.69) is 11.4 Å². The summed E-state index contributed by atoms with van der Waals surface area (Å²) in [5.41, 5.74) is 2.20. The monoisotopic (exact) mass is 357 g/mol. The zero-order chi connectivity index (χ0) is 18.1. The minimum absolute atomic E-state index is 0.169. The highest BCUT2D eigenvalue weighted by molar-refractivity contribution is 5.91.